The number of halogens is 1. The summed E-state index contributed by atoms with van der Waals surface area (Å²) in [7, 11) is 0. The van der Waals surface area contributed by atoms with Crippen LogP contribution in [0.25, 0.3) is 11.3 Å². The third-order valence-electron chi connectivity index (χ3n) is 3.67. The number of aromatic carboxylic acids is 1. The van der Waals surface area contributed by atoms with E-state index < -0.39 is 5.97 Å². The number of nitrogens with one attached hydrogen (secondary N) is 1. The zero-order chi connectivity index (χ0) is 16.6. The van der Waals surface area contributed by atoms with E-state index >= 15 is 0 Å². The maximum atomic E-state index is 11.1. The summed E-state index contributed by atoms with van der Waals surface area (Å²) in [6.45, 7) is 5.17. The molecule has 0 radical (unpaired) electrons. The molecule has 0 saturated carbocycles. The molecule has 7 heteroatoms. The first kappa shape index (κ1) is 15.7. The van der Waals surface area contributed by atoms with Crippen molar-refractivity contribution in [1.82, 2.24) is 10.2 Å². The Labute approximate surface area is 138 Å². The molecule has 0 unspecified atom stereocenters. The van der Waals surface area contributed by atoms with Gasteiger partial charge in [-0.25, -0.2) is 4.79 Å². The molecular formula is C16H17ClN2O4. The van der Waals surface area contributed by atoms with Crippen molar-refractivity contribution in [2.45, 2.75) is 26.2 Å². The van der Waals surface area contributed by atoms with Gasteiger partial charge in [0.1, 0.15) is 5.69 Å². The van der Waals surface area contributed by atoms with Gasteiger partial charge >= 0.3 is 5.97 Å². The molecule has 23 heavy (non-hydrogen) atoms. The van der Waals surface area contributed by atoms with Crippen molar-refractivity contribution in [3.63, 3.8) is 0 Å². The lowest BCUT2D eigenvalue weighted by Crippen LogP contribution is -2.02. The Bertz CT molecular complexity index is 755. The van der Waals surface area contributed by atoms with Crippen molar-refractivity contribution in [3.05, 3.63) is 28.4 Å². The number of carboxylic acid groups (broad SMARTS) is 1. The largest absolute Gasteiger partial charge is 0.489 e. The Kier molecular flexibility index (Phi) is 4.17. The van der Waals surface area contributed by atoms with Gasteiger partial charge in [0.2, 0.25) is 0 Å². The highest BCUT2D eigenvalue weighted by Gasteiger charge is 2.25. The van der Waals surface area contributed by atoms with Gasteiger partial charge in [0.05, 0.1) is 23.9 Å². The van der Waals surface area contributed by atoms with Crippen molar-refractivity contribution in [3.8, 4) is 22.8 Å². The van der Waals surface area contributed by atoms with Gasteiger partial charge in [0, 0.05) is 17.5 Å². The fourth-order valence-corrected chi connectivity index (χ4v) is 2.91. The minimum atomic E-state index is -1.06. The van der Waals surface area contributed by atoms with E-state index in [1.54, 1.807) is 6.07 Å². The first-order valence-electron chi connectivity index (χ1n) is 7.40. The number of ether oxygens (including phenoxy) is 2. The van der Waals surface area contributed by atoms with Crippen molar-refractivity contribution in [2.75, 3.05) is 13.2 Å². The first-order valence-corrected chi connectivity index (χ1v) is 7.78. The normalized spacial score (nSPS) is 13.9. The van der Waals surface area contributed by atoms with Crippen LogP contribution in [-0.2, 0) is 0 Å². The van der Waals surface area contributed by atoms with Gasteiger partial charge in [0.15, 0.2) is 11.5 Å². The van der Waals surface area contributed by atoms with Crippen LogP contribution in [0.15, 0.2) is 12.1 Å². The minimum Gasteiger partial charge on any atom is -0.489 e. The van der Waals surface area contributed by atoms with E-state index in [-0.39, 0.29) is 11.6 Å². The lowest BCUT2D eigenvalue weighted by Gasteiger charge is -2.19. The molecule has 1 aromatic heterocycles. The molecule has 2 N–H and O–H groups in total. The van der Waals surface area contributed by atoms with Gasteiger partial charge in [-0.05, 0) is 18.1 Å². The molecule has 1 aliphatic rings. The summed E-state index contributed by atoms with van der Waals surface area (Å²) in [4.78, 5) is 11.1. The molecule has 2 heterocycles. The van der Waals surface area contributed by atoms with Crippen molar-refractivity contribution < 1.29 is 19.4 Å². The predicted octanol–water partition coefficient (Wildman–Crippen LogP) is 3.71. The molecule has 0 fully saturated rings. The van der Waals surface area contributed by atoms with Gasteiger partial charge in [-0.2, -0.15) is 5.10 Å². The number of hydrogen-bond acceptors (Lipinski definition) is 4. The topological polar surface area (TPSA) is 84.4 Å². The van der Waals surface area contributed by atoms with E-state index in [1.165, 1.54) is 6.07 Å². The number of carbonyl (C=O) groups is 1. The first-order chi connectivity index (χ1) is 11.0. The summed E-state index contributed by atoms with van der Waals surface area (Å²) in [5.74, 6) is 0.239. The van der Waals surface area contributed by atoms with Crippen LogP contribution < -0.4 is 9.47 Å². The lowest BCUT2D eigenvalue weighted by molar-refractivity contribution is 0.0690. The number of aromatic amines is 1. The zero-order valence-electron chi connectivity index (χ0n) is 12.9. The van der Waals surface area contributed by atoms with Crippen LogP contribution in [0.5, 0.6) is 11.5 Å². The van der Waals surface area contributed by atoms with Crippen LogP contribution >= 0.6 is 11.6 Å². The van der Waals surface area contributed by atoms with Gasteiger partial charge in [-0.15, -0.1) is 0 Å². The summed E-state index contributed by atoms with van der Waals surface area (Å²) in [6, 6.07) is 3.25. The fraction of sp³-hybridized carbons (Fsp3) is 0.375. The van der Waals surface area contributed by atoms with Gasteiger partial charge < -0.3 is 14.6 Å². The van der Waals surface area contributed by atoms with Crippen LogP contribution in [0.1, 0.15) is 42.2 Å². The van der Waals surface area contributed by atoms with E-state index in [9.17, 15) is 4.79 Å². The van der Waals surface area contributed by atoms with E-state index in [4.69, 9.17) is 26.2 Å². The molecule has 0 amide bonds. The maximum Gasteiger partial charge on any atom is 0.353 e. The number of fused-ring (bicyclic) bond motifs is 1. The zero-order valence-corrected chi connectivity index (χ0v) is 13.6. The molecule has 122 valence electrons. The lowest BCUT2D eigenvalue weighted by atomic mass is 9.93. The van der Waals surface area contributed by atoms with Crippen molar-refractivity contribution in [1.29, 1.82) is 0 Å². The van der Waals surface area contributed by atoms with Crippen LogP contribution in [0.4, 0.5) is 0 Å². The van der Waals surface area contributed by atoms with Gasteiger partial charge in [-0.1, -0.05) is 25.4 Å². The van der Waals surface area contributed by atoms with Gasteiger partial charge in [0.25, 0.3) is 0 Å². The van der Waals surface area contributed by atoms with Crippen LogP contribution in [0.3, 0.4) is 0 Å². The Balaban J connectivity index is 2.21. The molecular weight excluding hydrogens is 320 g/mol. The molecule has 0 saturated heterocycles. The highest BCUT2D eigenvalue weighted by atomic mass is 35.5. The summed E-state index contributed by atoms with van der Waals surface area (Å²) in [5.41, 5.74) is 2.20. The second-order valence-corrected chi connectivity index (χ2v) is 6.06. The molecule has 3 rings (SSSR count). The molecule has 1 aromatic carbocycles. The predicted molar refractivity (Wildman–Crippen MR) is 85.7 cm³/mol. The third-order valence-corrected chi connectivity index (χ3v) is 3.95. The van der Waals surface area contributed by atoms with E-state index in [0.717, 1.165) is 17.5 Å². The monoisotopic (exact) mass is 336 g/mol. The number of benzene rings is 1. The number of carboxylic acids is 1. The minimum absolute atomic E-state index is 0.0259. The molecule has 6 nitrogen and oxygen atoms in total. The van der Waals surface area contributed by atoms with Crippen LogP contribution in [-0.4, -0.2) is 34.5 Å². The van der Waals surface area contributed by atoms with E-state index in [1.807, 2.05) is 13.8 Å². The molecule has 0 atom stereocenters. The SMILES string of the molecule is CC(C)c1c(-c2cc(C(=O)O)[nH]n2)cc(Cl)c2c1OCCCO2. The number of nitrogens with zero attached hydrogens (tertiary/aromatic N) is 1. The second kappa shape index (κ2) is 6.12. The molecule has 2 aromatic rings. The average Bonchev–Trinajstić information content (AvgIpc) is 2.86. The summed E-state index contributed by atoms with van der Waals surface area (Å²) in [6.07, 6.45) is 0.781. The Morgan fingerprint density at radius 2 is 2.00 bits per heavy atom. The fourth-order valence-electron chi connectivity index (χ4n) is 2.66. The summed E-state index contributed by atoms with van der Waals surface area (Å²) in [5, 5.41) is 16.1. The molecule has 1 aliphatic heterocycles. The Morgan fingerprint density at radius 1 is 1.30 bits per heavy atom. The second-order valence-electron chi connectivity index (χ2n) is 5.66. The summed E-state index contributed by atoms with van der Waals surface area (Å²) < 4.78 is 11.6. The Hall–Kier alpha value is -2.21. The smallest absolute Gasteiger partial charge is 0.353 e. The number of hydrogen-bond donors (Lipinski definition) is 2. The summed E-state index contributed by atoms with van der Waals surface area (Å²) >= 11 is 6.36. The van der Waals surface area contributed by atoms with Crippen LogP contribution in [0.2, 0.25) is 5.02 Å². The van der Waals surface area contributed by atoms with E-state index in [0.29, 0.717) is 35.4 Å². The number of aromatic nitrogens is 2. The quantitative estimate of drug-likeness (QED) is 0.892. The number of H-pyrrole nitrogens is 1. The highest BCUT2D eigenvalue weighted by molar-refractivity contribution is 6.32. The number of rotatable bonds is 3. The van der Waals surface area contributed by atoms with Crippen LogP contribution in [0, 0.1) is 0 Å². The molecule has 0 aliphatic carbocycles. The van der Waals surface area contributed by atoms with Crippen molar-refractivity contribution in [2.24, 2.45) is 0 Å². The maximum absolute atomic E-state index is 11.1. The highest BCUT2D eigenvalue weighted by Crippen LogP contribution is 2.47. The molecule has 0 spiro atoms. The standard InChI is InChI=1S/C16H17ClN2O4/c1-8(2)13-9(11-7-12(16(20)21)19-18-11)6-10(17)14-15(13)23-5-3-4-22-14/h6-8H,3-5H2,1-2H3,(H,18,19)(H,20,21). The van der Waals surface area contributed by atoms with Gasteiger partial charge in [-0.3, -0.25) is 5.10 Å². The Morgan fingerprint density at radius 3 is 2.61 bits per heavy atom. The molecule has 0 bridgehead atoms. The average molecular weight is 337 g/mol. The van der Waals surface area contributed by atoms with Crippen molar-refractivity contribution >= 4 is 17.6 Å². The van der Waals surface area contributed by atoms with E-state index in [2.05, 4.69) is 10.2 Å². The third kappa shape index (κ3) is 2.86.